The van der Waals surface area contributed by atoms with Crippen LogP contribution >= 0.6 is 0 Å². The second-order valence-electron chi connectivity index (χ2n) is 12.0. The number of ether oxygens (including phenoxy) is 2. The fourth-order valence-electron chi connectivity index (χ4n) is 6.03. The van der Waals surface area contributed by atoms with Gasteiger partial charge in [-0.2, -0.15) is 0 Å². The maximum atomic E-state index is 14.7. The van der Waals surface area contributed by atoms with Gasteiger partial charge in [0.15, 0.2) is 0 Å². The van der Waals surface area contributed by atoms with E-state index in [1.54, 1.807) is 37.4 Å². The molecule has 0 bridgehead atoms. The molecule has 0 heterocycles. The van der Waals surface area contributed by atoms with E-state index in [-0.39, 0.29) is 35.5 Å². The molecule has 1 fully saturated rings. The molecule has 258 valence electrons. The molecule has 11 heteroatoms. The van der Waals surface area contributed by atoms with Crippen molar-refractivity contribution in [1.29, 1.82) is 0 Å². The van der Waals surface area contributed by atoms with Crippen molar-refractivity contribution in [2.24, 2.45) is 0 Å². The number of rotatable bonds is 15. The van der Waals surface area contributed by atoms with E-state index in [9.17, 15) is 22.4 Å². The maximum absolute atomic E-state index is 14.7. The normalized spacial score (nSPS) is 13.8. The van der Waals surface area contributed by atoms with E-state index < -0.39 is 34.3 Å². The topological polar surface area (TPSA) is 105 Å². The summed E-state index contributed by atoms with van der Waals surface area (Å²) in [5.41, 5.74) is 1.64. The Labute approximate surface area is 287 Å². The molecule has 1 N–H and O–H groups in total. The predicted octanol–water partition coefficient (Wildman–Crippen LogP) is 6.13. The van der Waals surface area contributed by atoms with Crippen LogP contribution in [0.25, 0.3) is 0 Å². The molecule has 2 amide bonds. The van der Waals surface area contributed by atoms with Crippen LogP contribution in [0.2, 0.25) is 0 Å². The van der Waals surface area contributed by atoms with E-state index in [1.165, 1.54) is 29.2 Å². The summed E-state index contributed by atoms with van der Waals surface area (Å²) in [5.74, 6) is -0.406. The van der Waals surface area contributed by atoms with Crippen LogP contribution in [0.15, 0.2) is 108 Å². The Hall–Kier alpha value is -4.90. The van der Waals surface area contributed by atoms with Gasteiger partial charge >= 0.3 is 0 Å². The van der Waals surface area contributed by atoms with Gasteiger partial charge in [0.25, 0.3) is 10.0 Å². The number of hydrogen-bond acceptors (Lipinski definition) is 6. The Balaban J connectivity index is 1.56. The Morgan fingerprint density at radius 2 is 1.55 bits per heavy atom. The van der Waals surface area contributed by atoms with Gasteiger partial charge < -0.3 is 19.7 Å². The monoisotopic (exact) mass is 687 g/mol. The molecular weight excluding hydrogens is 645 g/mol. The molecule has 1 aliphatic rings. The van der Waals surface area contributed by atoms with Crippen molar-refractivity contribution >= 4 is 27.5 Å². The standard InChI is InChI=1S/C38H42FN3O6S/c1-3-48-33-20-22-35(23-21-33)49(45,46)42(32-18-16-30(39)17-19-32)27-37(43)41(26-29-12-9-15-34(24-29)47-2)36(25-28-10-5-4-6-11-28)38(44)40-31-13-7-8-14-31/h4-6,9-12,15-24,31,36H,3,7-8,13-14,25-27H2,1-2H3,(H,40,44)/t36-/m0/s1. The number of nitrogens with one attached hydrogen (secondary N) is 1. The number of carbonyl (C=O) groups is 2. The van der Waals surface area contributed by atoms with Crippen LogP contribution in [0.3, 0.4) is 0 Å². The SMILES string of the molecule is CCOc1ccc(S(=O)(=O)N(CC(=O)N(Cc2cccc(OC)c2)[C@@H](Cc2ccccc2)C(=O)NC2CCCC2)c2ccc(F)cc2)cc1. The molecule has 4 aromatic carbocycles. The quantitative estimate of drug-likeness (QED) is 0.161. The average molecular weight is 688 g/mol. The van der Waals surface area contributed by atoms with Gasteiger partial charge in [0.05, 0.1) is 24.3 Å². The average Bonchev–Trinajstić information content (AvgIpc) is 3.63. The van der Waals surface area contributed by atoms with Gasteiger partial charge in [-0.3, -0.25) is 13.9 Å². The van der Waals surface area contributed by atoms with Gasteiger partial charge in [-0.25, -0.2) is 12.8 Å². The smallest absolute Gasteiger partial charge is 0.264 e. The van der Waals surface area contributed by atoms with E-state index in [2.05, 4.69) is 5.32 Å². The van der Waals surface area contributed by atoms with Crippen molar-refractivity contribution in [3.8, 4) is 11.5 Å². The summed E-state index contributed by atoms with van der Waals surface area (Å²) in [6.45, 7) is 1.59. The number of amides is 2. The van der Waals surface area contributed by atoms with E-state index in [0.29, 0.717) is 23.7 Å². The lowest BCUT2D eigenvalue weighted by Crippen LogP contribution is -2.54. The summed E-state index contributed by atoms with van der Waals surface area (Å²) in [6.07, 6.45) is 3.93. The molecule has 4 aromatic rings. The molecule has 5 rings (SSSR count). The van der Waals surface area contributed by atoms with Crippen molar-refractivity contribution in [3.05, 3.63) is 120 Å². The van der Waals surface area contributed by atoms with Crippen LogP contribution in [-0.2, 0) is 32.6 Å². The molecule has 0 unspecified atom stereocenters. The molecule has 1 atom stereocenters. The fraction of sp³-hybridized carbons (Fsp3) is 0.316. The minimum atomic E-state index is -4.35. The van der Waals surface area contributed by atoms with Gasteiger partial charge in [0.2, 0.25) is 11.8 Å². The number of hydrogen-bond donors (Lipinski definition) is 1. The van der Waals surface area contributed by atoms with Crippen molar-refractivity contribution in [2.75, 3.05) is 24.6 Å². The van der Waals surface area contributed by atoms with Crippen LogP contribution in [0, 0.1) is 5.82 Å². The van der Waals surface area contributed by atoms with Crippen LogP contribution in [0.1, 0.15) is 43.7 Å². The summed E-state index contributed by atoms with van der Waals surface area (Å²) < 4.78 is 54.4. The molecule has 0 saturated heterocycles. The van der Waals surface area contributed by atoms with Gasteiger partial charge in [0, 0.05) is 19.0 Å². The summed E-state index contributed by atoms with van der Waals surface area (Å²) in [7, 11) is -2.80. The molecule has 0 aliphatic heterocycles. The van der Waals surface area contributed by atoms with Crippen LogP contribution in [0.4, 0.5) is 10.1 Å². The van der Waals surface area contributed by atoms with Gasteiger partial charge in [-0.1, -0.05) is 55.3 Å². The zero-order valence-corrected chi connectivity index (χ0v) is 28.6. The third-order valence-electron chi connectivity index (χ3n) is 8.58. The predicted molar refractivity (Wildman–Crippen MR) is 186 cm³/mol. The third-order valence-corrected chi connectivity index (χ3v) is 10.4. The summed E-state index contributed by atoms with van der Waals surface area (Å²) in [5, 5.41) is 3.16. The van der Waals surface area contributed by atoms with Gasteiger partial charge in [-0.05, 0) is 91.6 Å². The lowest BCUT2D eigenvalue weighted by atomic mass is 10.0. The first-order valence-electron chi connectivity index (χ1n) is 16.5. The highest BCUT2D eigenvalue weighted by atomic mass is 32.2. The minimum Gasteiger partial charge on any atom is -0.497 e. The second-order valence-corrected chi connectivity index (χ2v) is 13.8. The molecule has 1 aliphatic carbocycles. The number of nitrogens with zero attached hydrogens (tertiary/aromatic N) is 2. The van der Waals surface area contributed by atoms with Gasteiger partial charge in [-0.15, -0.1) is 0 Å². The van der Waals surface area contributed by atoms with Crippen molar-refractivity contribution in [1.82, 2.24) is 10.2 Å². The highest BCUT2D eigenvalue weighted by molar-refractivity contribution is 7.92. The number of methoxy groups -OCH3 is 1. The summed E-state index contributed by atoms with van der Waals surface area (Å²) in [6, 6.07) is 26.4. The zero-order chi connectivity index (χ0) is 34.8. The maximum Gasteiger partial charge on any atom is 0.264 e. The number of benzene rings is 4. The fourth-order valence-corrected chi connectivity index (χ4v) is 7.44. The molecule has 0 radical (unpaired) electrons. The number of carbonyl (C=O) groups excluding carboxylic acids is 2. The molecular formula is C38H42FN3O6S. The third kappa shape index (κ3) is 9.17. The molecule has 0 spiro atoms. The first-order valence-corrected chi connectivity index (χ1v) is 17.9. The van der Waals surface area contributed by atoms with E-state index in [1.807, 2.05) is 43.3 Å². The first-order chi connectivity index (χ1) is 23.7. The zero-order valence-electron chi connectivity index (χ0n) is 27.8. The van der Waals surface area contributed by atoms with E-state index >= 15 is 0 Å². The molecule has 1 saturated carbocycles. The van der Waals surface area contributed by atoms with Crippen LogP contribution in [-0.4, -0.2) is 57.5 Å². The Morgan fingerprint density at radius 1 is 0.878 bits per heavy atom. The highest BCUT2D eigenvalue weighted by Gasteiger charge is 2.35. The lowest BCUT2D eigenvalue weighted by Gasteiger charge is -2.34. The Bertz CT molecular complexity index is 1800. The first kappa shape index (κ1) is 35.4. The van der Waals surface area contributed by atoms with E-state index in [0.717, 1.165) is 47.7 Å². The summed E-state index contributed by atoms with van der Waals surface area (Å²) in [4.78, 5) is 30.2. The largest absolute Gasteiger partial charge is 0.497 e. The van der Waals surface area contributed by atoms with E-state index in [4.69, 9.17) is 9.47 Å². The minimum absolute atomic E-state index is 0.00436. The molecule has 49 heavy (non-hydrogen) atoms. The van der Waals surface area contributed by atoms with Crippen molar-refractivity contribution in [3.63, 3.8) is 0 Å². The van der Waals surface area contributed by atoms with Crippen LogP contribution < -0.4 is 19.1 Å². The molecule has 9 nitrogen and oxygen atoms in total. The van der Waals surface area contributed by atoms with Crippen LogP contribution in [0.5, 0.6) is 11.5 Å². The van der Waals surface area contributed by atoms with Crippen molar-refractivity contribution in [2.45, 2.75) is 62.6 Å². The summed E-state index contributed by atoms with van der Waals surface area (Å²) >= 11 is 0. The second kappa shape index (κ2) is 16.5. The number of sulfonamides is 1. The Morgan fingerprint density at radius 3 is 2.20 bits per heavy atom. The molecule has 0 aromatic heterocycles. The Kier molecular flexibility index (Phi) is 11.9. The lowest BCUT2D eigenvalue weighted by molar-refractivity contribution is -0.140. The number of halogens is 1. The number of anilines is 1. The highest BCUT2D eigenvalue weighted by Crippen LogP contribution is 2.27. The van der Waals surface area contributed by atoms with Gasteiger partial charge in [0.1, 0.15) is 29.9 Å². The van der Waals surface area contributed by atoms with Crippen molar-refractivity contribution < 1.29 is 31.9 Å².